The highest BCUT2D eigenvalue weighted by atomic mass is 32.2. The number of sulfonamides is 1. The Morgan fingerprint density at radius 3 is 2.37 bits per heavy atom. The molecule has 0 bridgehead atoms. The summed E-state index contributed by atoms with van der Waals surface area (Å²) in [7, 11) is -3.48. The monoisotopic (exact) mass is 450 g/mol. The molecule has 2 aromatic rings. The number of morpholine rings is 1. The number of thiazole rings is 1. The fraction of sp³-hybridized carbons (Fsp3) is 0.500. The lowest BCUT2D eigenvalue weighted by atomic mass is 10.1. The Morgan fingerprint density at radius 2 is 1.73 bits per heavy atom. The van der Waals surface area contributed by atoms with E-state index in [9.17, 15) is 13.2 Å². The van der Waals surface area contributed by atoms with E-state index in [4.69, 9.17) is 4.74 Å². The molecule has 0 atom stereocenters. The number of carbonyl (C=O) groups is 1. The maximum atomic E-state index is 12.7. The first-order valence-corrected chi connectivity index (χ1v) is 12.4. The molecule has 1 aromatic heterocycles. The SMILES string of the molecule is O=C(CCc1ccc(S(=O)(=O)N2CCOCC2)cc1)N1CCN(c2nccs2)CC1. The number of hydrogen-bond donors (Lipinski definition) is 0. The fourth-order valence-corrected chi connectivity index (χ4v) is 5.80. The van der Waals surface area contributed by atoms with Crippen LogP contribution < -0.4 is 4.90 Å². The number of aryl methyl sites for hydroxylation is 1. The lowest BCUT2D eigenvalue weighted by Gasteiger charge is -2.34. The van der Waals surface area contributed by atoms with Crippen LogP contribution in [0.15, 0.2) is 40.7 Å². The van der Waals surface area contributed by atoms with E-state index in [1.807, 2.05) is 10.3 Å². The molecule has 8 nitrogen and oxygen atoms in total. The maximum Gasteiger partial charge on any atom is 0.243 e. The fourth-order valence-electron chi connectivity index (χ4n) is 3.69. The van der Waals surface area contributed by atoms with E-state index in [2.05, 4.69) is 9.88 Å². The molecule has 2 fully saturated rings. The highest BCUT2D eigenvalue weighted by Crippen LogP contribution is 2.20. The second-order valence-corrected chi connectivity index (χ2v) is 10.2. The van der Waals surface area contributed by atoms with Gasteiger partial charge in [-0.2, -0.15) is 4.31 Å². The molecule has 162 valence electrons. The number of ether oxygens (including phenoxy) is 1. The summed E-state index contributed by atoms with van der Waals surface area (Å²) in [6, 6.07) is 6.89. The van der Waals surface area contributed by atoms with Gasteiger partial charge in [-0.05, 0) is 24.1 Å². The Bertz CT molecular complexity index is 934. The van der Waals surface area contributed by atoms with Crippen molar-refractivity contribution in [3.8, 4) is 0 Å². The van der Waals surface area contributed by atoms with Gasteiger partial charge >= 0.3 is 0 Å². The zero-order valence-corrected chi connectivity index (χ0v) is 18.4. The first-order valence-electron chi connectivity index (χ1n) is 10.1. The molecule has 2 aliphatic rings. The molecule has 0 radical (unpaired) electrons. The quantitative estimate of drug-likeness (QED) is 0.662. The number of rotatable bonds is 6. The number of piperazine rings is 1. The molecule has 3 heterocycles. The highest BCUT2D eigenvalue weighted by Gasteiger charge is 2.26. The predicted octanol–water partition coefficient (Wildman–Crippen LogP) is 1.45. The van der Waals surface area contributed by atoms with Crippen LogP contribution in [0.5, 0.6) is 0 Å². The van der Waals surface area contributed by atoms with Crippen LogP contribution in [-0.4, -0.2) is 81.0 Å². The van der Waals surface area contributed by atoms with Crippen LogP contribution >= 0.6 is 11.3 Å². The van der Waals surface area contributed by atoms with Crippen molar-refractivity contribution >= 4 is 32.4 Å². The summed E-state index contributed by atoms with van der Waals surface area (Å²) in [6.07, 6.45) is 2.82. The molecule has 30 heavy (non-hydrogen) atoms. The van der Waals surface area contributed by atoms with Gasteiger partial charge in [-0.3, -0.25) is 4.79 Å². The van der Waals surface area contributed by atoms with Gasteiger partial charge in [-0.1, -0.05) is 12.1 Å². The van der Waals surface area contributed by atoms with Gasteiger partial charge in [0.1, 0.15) is 0 Å². The van der Waals surface area contributed by atoms with Crippen molar-refractivity contribution in [1.29, 1.82) is 0 Å². The van der Waals surface area contributed by atoms with Crippen LogP contribution in [0, 0.1) is 0 Å². The zero-order valence-electron chi connectivity index (χ0n) is 16.8. The molecule has 2 aliphatic heterocycles. The summed E-state index contributed by atoms with van der Waals surface area (Å²) in [4.78, 5) is 21.3. The van der Waals surface area contributed by atoms with Gasteiger partial charge in [0, 0.05) is 57.3 Å². The van der Waals surface area contributed by atoms with E-state index < -0.39 is 10.0 Å². The Morgan fingerprint density at radius 1 is 1.03 bits per heavy atom. The minimum absolute atomic E-state index is 0.138. The van der Waals surface area contributed by atoms with Crippen molar-refractivity contribution in [2.45, 2.75) is 17.7 Å². The summed E-state index contributed by atoms with van der Waals surface area (Å²) < 4.78 is 32.1. The molecule has 0 aliphatic carbocycles. The van der Waals surface area contributed by atoms with Gasteiger partial charge in [-0.25, -0.2) is 13.4 Å². The lowest BCUT2D eigenvalue weighted by molar-refractivity contribution is -0.131. The van der Waals surface area contributed by atoms with Crippen molar-refractivity contribution in [2.75, 3.05) is 57.4 Å². The van der Waals surface area contributed by atoms with E-state index in [-0.39, 0.29) is 10.8 Å². The normalized spacial score (nSPS) is 18.5. The largest absolute Gasteiger partial charge is 0.379 e. The predicted molar refractivity (Wildman–Crippen MR) is 115 cm³/mol. The Hall–Kier alpha value is -2.01. The van der Waals surface area contributed by atoms with Crippen molar-refractivity contribution in [2.24, 2.45) is 0 Å². The Balaban J connectivity index is 1.27. The number of hydrogen-bond acceptors (Lipinski definition) is 7. The summed E-state index contributed by atoms with van der Waals surface area (Å²) >= 11 is 1.62. The molecule has 1 amide bonds. The second kappa shape index (κ2) is 9.42. The Kier molecular flexibility index (Phi) is 6.67. The molecule has 0 saturated carbocycles. The third-order valence-corrected chi connectivity index (χ3v) is 8.23. The minimum atomic E-state index is -3.48. The number of nitrogens with zero attached hydrogens (tertiary/aromatic N) is 4. The number of aromatic nitrogens is 1. The zero-order chi connectivity index (χ0) is 21.0. The highest BCUT2D eigenvalue weighted by molar-refractivity contribution is 7.89. The third-order valence-electron chi connectivity index (χ3n) is 5.48. The van der Waals surface area contributed by atoms with Gasteiger partial charge < -0.3 is 14.5 Å². The second-order valence-electron chi connectivity index (χ2n) is 7.34. The van der Waals surface area contributed by atoms with Crippen LogP contribution in [0.25, 0.3) is 0 Å². The molecule has 10 heteroatoms. The van der Waals surface area contributed by atoms with Gasteiger partial charge in [0.05, 0.1) is 18.1 Å². The standard InChI is InChI=1S/C20H26N4O4S2/c25-19(22-8-10-23(11-9-22)20-21-7-16-29-20)6-3-17-1-4-18(5-2-17)30(26,27)24-12-14-28-15-13-24/h1-2,4-5,7,16H,3,6,8-15H2. The van der Waals surface area contributed by atoms with Crippen molar-refractivity contribution in [3.05, 3.63) is 41.4 Å². The molecular formula is C20H26N4O4S2. The number of carbonyl (C=O) groups excluding carboxylic acids is 1. The number of anilines is 1. The molecular weight excluding hydrogens is 424 g/mol. The summed E-state index contributed by atoms with van der Waals surface area (Å²) in [5.41, 5.74) is 0.964. The lowest BCUT2D eigenvalue weighted by Crippen LogP contribution is -2.48. The van der Waals surface area contributed by atoms with Crippen LogP contribution in [0.1, 0.15) is 12.0 Å². The van der Waals surface area contributed by atoms with E-state index in [1.54, 1.807) is 41.8 Å². The van der Waals surface area contributed by atoms with Crippen molar-refractivity contribution in [1.82, 2.24) is 14.2 Å². The smallest absolute Gasteiger partial charge is 0.243 e. The first-order chi connectivity index (χ1) is 14.5. The summed E-state index contributed by atoms with van der Waals surface area (Å²) in [6.45, 7) is 4.63. The topological polar surface area (TPSA) is 83.0 Å². The summed E-state index contributed by atoms with van der Waals surface area (Å²) in [5, 5.41) is 2.97. The van der Waals surface area contributed by atoms with Gasteiger partial charge in [-0.15, -0.1) is 11.3 Å². The van der Waals surface area contributed by atoms with Crippen molar-refractivity contribution < 1.29 is 17.9 Å². The number of benzene rings is 1. The first kappa shape index (κ1) is 21.2. The third kappa shape index (κ3) is 4.83. The Labute approximate surface area is 181 Å². The van der Waals surface area contributed by atoms with E-state index in [1.165, 1.54) is 4.31 Å². The average Bonchev–Trinajstić information content (AvgIpc) is 3.33. The van der Waals surface area contributed by atoms with Gasteiger partial charge in [0.15, 0.2) is 5.13 Å². The van der Waals surface area contributed by atoms with Crippen LogP contribution in [0.4, 0.5) is 5.13 Å². The minimum Gasteiger partial charge on any atom is -0.379 e. The maximum absolute atomic E-state index is 12.7. The van der Waals surface area contributed by atoms with Crippen LogP contribution in [0.2, 0.25) is 0 Å². The molecule has 0 unspecified atom stereocenters. The number of amides is 1. The molecule has 1 aromatic carbocycles. The van der Waals surface area contributed by atoms with E-state index in [0.29, 0.717) is 52.2 Å². The van der Waals surface area contributed by atoms with Gasteiger partial charge in [0.2, 0.25) is 15.9 Å². The molecule has 0 spiro atoms. The van der Waals surface area contributed by atoms with E-state index in [0.717, 1.165) is 23.8 Å². The van der Waals surface area contributed by atoms with Crippen molar-refractivity contribution in [3.63, 3.8) is 0 Å². The molecule has 0 N–H and O–H groups in total. The average molecular weight is 451 g/mol. The molecule has 2 saturated heterocycles. The van der Waals surface area contributed by atoms with Crippen LogP contribution in [0.3, 0.4) is 0 Å². The van der Waals surface area contributed by atoms with Crippen LogP contribution in [-0.2, 0) is 26.0 Å². The van der Waals surface area contributed by atoms with Gasteiger partial charge in [0.25, 0.3) is 0 Å². The summed E-state index contributed by atoms with van der Waals surface area (Å²) in [5.74, 6) is 0.138. The molecule has 4 rings (SSSR count). The van der Waals surface area contributed by atoms with E-state index >= 15 is 0 Å².